The first-order valence-corrected chi connectivity index (χ1v) is 12.7. The summed E-state index contributed by atoms with van der Waals surface area (Å²) in [5, 5.41) is 3.19. The van der Waals surface area contributed by atoms with Crippen molar-refractivity contribution in [3.63, 3.8) is 0 Å². The lowest BCUT2D eigenvalue weighted by molar-refractivity contribution is -0.125. The Labute approximate surface area is 191 Å². The molecule has 2 aliphatic rings. The first-order valence-electron chi connectivity index (χ1n) is 12.7. The number of carbonyl (C=O) groups is 1. The Balaban J connectivity index is 1.40. The van der Waals surface area contributed by atoms with Crippen molar-refractivity contribution >= 4 is 22.9 Å². The Kier molecular flexibility index (Phi) is 7.95. The van der Waals surface area contributed by atoms with Crippen molar-refractivity contribution in [2.45, 2.75) is 71.8 Å². The van der Waals surface area contributed by atoms with Crippen molar-refractivity contribution in [2.24, 2.45) is 5.92 Å². The maximum absolute atomic E-state index is 12.9. The number of hydrogen-bond acceptors (Lipinski definition) is 6. The minimum atomic E-state index is -0.0000709. The van der Waals surface area contributed by atoms with Gasteiger partial charge in [0.05, 0.1) is 5.92 Å². The highest BCUT2D eigenvalue weighted by Gasteiger charge is 2.29. The average Bonchev–Trinajstić information content (AvgIpc) is 3.02. The molecule has 1 N–H and O–H groups in total. The molecule has 0 aliphatic carbocycles. The monoisotopic (exact) mass is 441 g/mol. The van der Waals surface area contributed by atoms with Gasteiger partial charge in [0.25, 0.3) is 0 Å². The van der Waals surface area contributed by atoms with Crippen LogP contribution < -0.4 is 10.2 Å². The number of carbonyl (C=O) groups excluding carboxylic acids is 1. The molecule has 0 radical (unpaired) electrons. The van der Waals surface area contributed by atoms with E-state index in [9.17, 15) is 4.79 Å². The minimum absolute atomic E-state index is 0.0000709. The van der Waals surface area contributed by atoms with Crippen molar-refractivity contribution in [3.8, 4) is 0 Å². The van der Waals surface area contributed by atoms with E-state index in [0.717, 1.165) is 81.3 Å². The molecule has 8 heteroatoms. The van der Waals surface area contributed by atoms with Crippen molar-refractivity contribution in [1.82, 2.24) is 29.7 Å². The molecular weight excluding hydrogens is 402 g/mol. The molecule has 32 heavy (non-hydrogen) atoms. The standard InChI is InChI=1S/C24H39N7O/c1-3-5-13-29(4-2)16-12-25-24(32)19-10-9-14-30(17-19)22-21-23(27-18-26-22)31-15-8-6-7-11-20(31)28-21/h18-19H,3-17H2,1-2H3,(H,25,32)/t19-/m0/s1. The lowest BCUT2D eigenvalue weighted by Gasteiger charge is -2.33. The SMILES string of the molecule is CCCCN(CC)CCNC(=O)[C@H]1CCCN(c2ncnc3c2nc2n3CCCCC2)C1. The molecule has 0 saturated carbocycles. The Hall–Kier alpha value is -2.22. The van der Waals surface area contributed by atoms with Gasteiger partial charge < -0.3 is 19.7 Å². The number of nitrogens with one attached hydrogen (secondary N) is 1. The summed E-state index contributed by atoms with van der Waals surface area (Å²) in [6, 6.07) is 0. The Morgan fingerprint density at radius 2 is 2.06 bits per heavy atom. The molecule has 2 aliphatic heterocycles. The average molecular weight is 442 g/mol. The number of aromatic nitrogens is 4. The van der Waals surface area contributed by atoms with Gasteiger partial charge in [-0.3, -0.25) is 4.79 Å². The van der Waals surface area contributed by atoms with Crippen molar-refractivity contribution < 1.29 is 4.79 Å². The second kappa shape index (κ2) is 11.1. The molecule has 1 amide bonds. The fraction of sp³-hybridized carbons (Fsp3) is 0.750. The number of piperidine rings is 1. The predicted octanol–water partition coefficient (Wildman–Crippen LogP) is 3.01. The van der Waals surface area contributed by atoms with Crippen LogP contribution in [0.2, 0.25) is 0 Å². The normalized spacial score (nSPS) is 19.2. The summed E-state index contributed by atoms with van der Waals surface area (Å²) in [4.78, 5) is 31.7. The molecule has 2 aromatic heterocycles. The van der Waals surface area contributed by atoms with Crippen LogP contribution in [0.15, 0.2) is 6.33 Å². The van der Waals surface area contributed by atoms with Crippen LogP contribution >= 0.6 is 0 Å². The van der Waals surface area contributed by atoms with Crippen molar-refractivity contribution in [1.29, 1.82) is 0 Å². The number of anilines is 1. The second-order valence-corrected chi connectivity index (χ2v) is 9.22. The van der Waals surface area contributed by atoms with Gasteiger partial charge in [-0.2, -0.15) is 0 Å². The molecular formula is C24H39N7O. The summed E-state index contributed by atoms with van der Waals surface area (Å²) in [6.45, 7) is 10.8. The molecule has 0 spiro atoms. The highest BCUT2D eigenvalue weighted by Crippen LogP contribution is 2.29. The maximum atomic E-state index is 12.9. The van der Waals surface area contributed by atoms with Gasteiger partial charge in [0.2, 0.25) is 5.91 Å². The van der Waals surface area contributed by atoms with Crippen LogP contribution in [0.1, 0.15) is 64.6 Å². The number of imidazole rings is 1. The van der Waals surface area contributed by atoms with E-state index in [1.807, 2.05) is 0 Å². The molecule has 1 atom stereocenters. The largest absolute Gasteiger partial charge is 0.355 e. The van der Waals surface area contributed by atoms with Crippen LogP contribution in [0.4, 0.5) is 5.82 Å². The molecule has 0 bridgehead atoms. The van der Waals surface area contributed by atoms with Gasteiger partial charge in [0, 0.05) is 39.1 Å². The van der Waals surface area contributed by atoms with Crippen LogP contribution in [0.3, 0.4) is 0 Å². The topological polar surface area (TPSA) is 79.2 Å². The highest BCUT2D eigenvalue weighted by atomic mass is 16.1. The summed E-state index contributed by atoms with van der Waals surface area (Å²) in [5.74, 6) is 2.20. The van der Waals surface area contributed by atoms with Gasteiger partial charge in [0.15, 0.2) is 17.0 Å². The summed E-state index contributed by atoms with van der Waals surface area (Å²) >= 11 is 0. The van der Waals surface area contributed by atoms with E-state index in [1.165, 1.54) is 32.1 Å². The maximum Gasteiger partial charge on any atom is 0.224 e. The van der Waals surface area contributed by atoms with Crippen LogP contribution in [0.5, 0.6) is 0 Å². The minimum Gasteiger partial charge on any atom is -0.355 e. The smallest absolute Gasteiger partial charge is 0.224 e. The zero-order chi connectivity index (χ0) is 22.3. The second-order valence-electron chi connectivity index (χ2n) is 9.22. The lowest BCUT2D eigenvalue weighted by Crippen LogP contribution is -2.45. The Bertz CT molecular complexity index is 896. The number of nitrogens with zero attached hydrogens (tertiary/aromatic N) is 6. The molecule has 0 aromatic carbocycles. The van der Waals surface area contributed by atoms with Gasteiger partial charge >= 0.3 is 0 Å². The van der Waals surface area contributed by atoms with Gasteiger partial charge in [0.1, 0.15) is 12.2 Å². The zero-order valence-corrected chi connectivity index (χ0v) is 19.9. The molecule has 4 heterocycles. The van der Waals surface area contributed by atoms with Crippen LogP contribution in [0.25, 0.3) is 11.2 Å². The molecule has 8 nitrogen and oxygen atoms in total. The van der Waals surface area contributed by atoms with Crippen LogP contribution in [-0.4, -0.2) is 69.6 Å². The summed E-state index contributed by atoms with van der Waals surface area (Å²) in [5.41, 5.74) is 1.85. The molecule has 176 valence electrons. The van der Waals surface area contributed by atoms with Gasteiger partial charge in [-0.1, -0.05) is 26.7 Å². The number of fused-ring (bicyclic) bond motifs is 3. The van der Waals surface area contributed by atoms with E-state index in [-0.39, 0.29) is 11.8 Å². The lowest BCUT2D eigenvalue weighted by atomic mass is 9.97. The van der Waals surface area contributed by atoms with Crippen molar-refractivity contribution in [2.75, 3.05) is 44.2 Å². The Morgan fingerprint density at radius 3 is 2.91 bits per heavy atom. The molecule has 4 rings (SSSR count). The van der Waals surface area contributed by atoms with Gasteiger partial charge in [-0.25, -0.2) is 15.0 Å². The third-order valence-electron chi connectivity index (χ3n) is 6.97. The summed E-state index contributed by atoms with van der Waals surface area (Å²) in [7, 11) is 0. The van der Waals surface area contributed by atoms with Crippen LogP contribution in [-0.2, 0) is 17.8 Å². The number of likely N-dealkylation sites (N-methyl/N-ethyl adjacent to an activating group) is 1. The molecule has 1 saturated heterocycles. The third kappa shape index (κ3) is 5.22. The van der Waals surface area contributed by atoms with E-state index >= 15 is 0 Å². The number of hydrogen-bond donors (Lipinski definition) is 1. The third-order valence-corrected chi connectivity index (χ3v) is 6.97. The fourth-order valence-corrected chi connectivity index (χ4v) is 5.03. The predicted molar refractivity (Wildman–Crippen MR) is 128 cm³/mol. The zero-order valence-electron chi connectivity index (χ0n) is 19.9. The quantitative estimate of drug-likeness (QED) is 0.644. The number of amides is 1. The van der Waals surface area contributed by atoms with Crippen LogP contribution in [0, 0.1) is 5.92 Å². The summed E-state index contributed by atoms with van der Waals surface area (Å²) < 4.78 is 2.28. The first-order chi connectivity index (χ1) is 15.7. The molecule has 1 fully saturated rings. The van der Waals surface area contributed by atoms with E-state index in [4.69, 9.17) is 4.98 Å². The first kappa shape index (κ1) is 23.0. The fourth-order valence-electron chi connectivity index (χ4n) is 5.03. The number of unbranched alkanes of at least 4 members (excludes halogenated alkanes) is 1. The highest BCUT2D eigenvalue weighted by molar-refractivity contribution is 5.85. The number of aryl methyl sites for hydroxylation is 2. The van der Waals surface area contributed by atoms with Gasteiger partial charge in [-0.05, 0) is 45.2 Å². The van der Waals surface area contributed by atoms with E-state index < -0.39 is 0 Å². The molecule has 0 unspecified atom stereocenters. The Morgan fingerprint density at radius 1 is 1.16 bits per heavy atom. The molecule has 2 aromatic rings. The van der Waals surface area contributed by atoms with E-state index in [0.29, 0.717) is 6.54 Å². The van der Waals surface area contributed by atoms with Gasteiger partial charge in [-0.15, -0.1) is 0 Å². The van der Waals surface area contributed by atoms with E-state index in [2.05, 4.69) is 43.5 Å². The van der Waals surface area contributed by atoms with Crippen molar-refractivity contribution in [3.05, 3.63) is 12.2 Å². The number of rotatable bonds is 9. The summed E-state index contributed by atoms with van der Waals surface area (Å²) in [6.07, 6.45) is 10.6. The van der Waals surface area contributed by atoms with E-state index in [1.54, 1.807) is 6.33 Å².